The van der Waals surface area contributed by atoms with E-state index in [-0.39, 0.29) is 16.0 Å². The summed E-state index contributed by atoms with van der Waals surface area (Å²) in [6, 6.07) is 7.61. The van der Waals surface area contributed by atoms with Crippen LogP contribution in [0.5, 0.6) is 0 Å². The van der Waals surface area contributed by atoms with Gasteiger partial charge in [0.15, 0.2) is 0 Å². The molecule has 0 amide bonds. The van der Waals surface area contributed by atoms with E-state index in [9.17, 15) is 10.1 Å². The van der Waals surface area contributed by atoms with E-state index in [0.29, 0.717) is 0 Å². The van der Waals surface area contributed by atoms with Crippen molar-refractivity contribution >= 4 is 5.69 Å². The number of hydrogen-bond donors (Lipinski definition) is 0. The molecule has 0 atom stereocenters. The average molecular weight is 273 g/mol. The SMILES string of the molecule is Cc1c(CN2CCC(C)(C#N)CC2)cccc1[N+](=O)[O-]. The molecule has 1 saturated heterocycles. The number of piperidine rings is 1. The molecule has 0 aliphatic carbocycles. The highest BCUT2D eigenvalue weighted by molar-refractivity contribution is 5.44. The molecule has 5 heteroatoms. The number of nitriles is 1. The van der Waals surface area contributed by atoms with Crippen molar-refractivity contribution in [1.82, 2.24) is 4.90 Å². The van der Waals surface area contributed by atoms with Crippen LogP contribution in [0, 0.1) is 33.8 Å². The van der Waals surface area contributed by atoms with E-state index in [1.165, 1.54) is 0 Å². The summed E-state index contributed by atoms with van der Waals surface area (Å²) in [7, 11) is 0. The highest BCUT2D eigenvalue weighted by Gasteiger charge is 2.30. The van der Waals surface area contributed by atoms with Crippen LogP contribution in [0.2, 0.25) is 0 Å². The molecule has 0 bridgehead atoms. The van der Waals surface area contributed by atoms with Crippen molar-refractivity contribution in [3.8, 4) is 6.07 Å². The lowest BCUT2D eigenvalue weighted by molar-refractivity contribution is -0.385. The van der Waals surface area contributed by atoms with Crippen LogP contribution in [-0.4, -0.2) is 22.9 Å². The van der Waals surface area contributed by atoms with Gasteiger partial charge in [0.25, 0.3) is 5.69 Å². The molecule has 2 rings (SSSR count). The number of hydrogen-bond acceptors (Lipinski definition) is 4. The Bertz CT molecular complexity index is 555. The summed E-state index contributed by atoms with van der Waals surface area (Å²) >= 11 is 0. The second-order valence-electron chi connectivity index (χ2n) is 5.77. The molecule has 0 aromatic heterocycles. The standard InChI is InChI=1S/C15H19N3O2/c1-12-13(4-3-5-14(12)18(19)20)10-17-8-6-15(2,11-16)7-9-17/h3-5H,6-10H2,1-2H3. The average Bonchev–Trinajstić information content (AvgIpc) is 2.43. The van der Waals surface area contributed by atoms with Crippen molar-refractivity contribution in [2.45, 2.75) is 33.2 Å². The third-order valence-corrected chi connectivity index (χ3v) is 4.24. The van der Waals surface area contributed by atoms with Crippen LogP contribution in [0.15, 0.2) is 18.2 Å². The topological polar surface area (TPSA) is 70.2 Å². The molecule has 1 aromatic rings. The predicted molar refractivity (Wildman–Crippen MR) is 76.1 cm³/mol. The molecule has 1 aliphatic rings. The van der Waals surface area contributed by atoms with E-state index in [1.807, 2.05) is 13.0 Å². The Labute approximate surface area is 119 Å². The van der Waals surface area contributed by atoms with E-state index in [1.54, 1.807) is 19.1 Å². The molecule has 106 valence electrons. The summed E-state index contributed by atoms with van der Waals surface area (Å²) < 4.78 is 0. The Kier molecular flexibility index (Phi) is 4.05. The van der Waals surface area contributed by atoms with Gasteiger partial charge >= 0.3 is 0 Å². The summed E-state index contributed by atoms with van der Waals surface area (Å²) in [6.45, 7) is 6.26. The first-order chi connectivity index (χ1) is 9.45. The van der Waals surface area contributed by atoms with Gasteiger partial charge in [0, 0.05) is 18.2 Å². The zero-order valence-corrected chi connectivity index (χ0v) is 11.9. The number of nitrogens with zero attached hydrogens (tertiary/aromatic N) is 3. The minimum atomic E-state index is -0.332. The van der Waals surface area contributed by atoms with Crippen LogP contribution in [-0.2, 0) is 6.54 Å². The number of rotatable bonds is 3. The van der Waals surface area contributed by atoms with Gasteiger partial charge in [0.05, 0.1) is 16.4 Å². The zero-order valence-electron chi connectivity index (χ0n) is 11.9. The Morgan fingerprint density at radius 3 is 2.65 bits per heavy atom. The van der Waals surface area contributed by atoms with Gasteiger partial charge in [0.1, 0.15) is 0 Å². The summed E-state index contributed by atoms with van der Waals surface area (Å²) in [4.78, 5) is 12.9. The van der Waals surface area contributed by atoms with Gasteiger partial charge in [-0.3, -0.25) is 15.0 Å². The first-order valence-corrected chi connectivity index (χ1v) is 6.82. The molecular formula is C15H19N3O2. The summed E-state index contributed by atoms with van der Waals surface area (Å²) in [5, 5.41) is 20.1. The fourth-order valence-electron chi connectivity index (χ4n) is 2.60. The molecule has 0 unspecified atom stereocenters. The maximum atomic E-state index is 10.9. The Balaban J connectivity index is 2.07. The van der Waals surface area contributed by atoms with Crippen LogP contribution >= 0.6 is 0 Å². The third kappa shape index (κ3) is 2.97. The molecule has 1 aliphatic heterocycles. The van der Waals surface area contributed by atoms with Gasteiger partial charge in [-0.05, 0) is 45.3 Å². The first-order valence-electron chi connectivity index (χ1n) is 6.82. The lowest BCUT2D eigenvalue weighted by Gasteiger charge is -2.35. The van der Waals surface area contributed by atoms with Crippen molar-refractivity contribution in [2.75, 3.05) is 13.1 Å². The fourth-order valence-corrected chi connectivity index (χ4v) is 2.60. The zero-order chi connectivity index (χ0) is 14.8. The highest BCUT2D eigenvalue weighted by atomic mass is 16.6. The normalized spacial score (nSPS) is 18.4. The predicted octanol–water partition coefficient (Wildman–Crippen LogP) is 3.03. The van der Waals surface area contributed by atoms with E-state index < -0.39 is 0 Å². The second kappa shape index (κ2) is 5.59. The van der Waals surface area contributed by atoms with E-state index in [0.717, 1.165) is 43.6 Å². The fraction of sp³-hybridized carbons (Fsp3) is 0.533. The number of likely N-dealkylation sites (tertiary alicyclic amines) is 1. The van der Waals surface area contributed by atoms with Gasteiger partial charge in [0.2, 0.25) is 0 Å². The van der Waals surface area contributed by atoms with E-state index in [4.69, 9.17) is 5.26 Å². The minimum absolute atomic E-state index is 0.182. The summed E-state index contributed by atoms with van der Waals surface area (Å²) in [5.41, 5.74) is 1.71. The number of benzene rings is 1. The molecule has 5 nitrogen and oxygen atoms in total. The maximum absolute atomic E-state index is 10.9. The molecule has 0 N–H and O–H groups in total. The Hall–Kier alpha value is -1.93. The van der Waals surface area contributed by atoms with Gasteiger partial charge < -0.3 is 0 Å². The van der Waals surface area contributed by atoms with Gasteiger partial charge in [-0.25, -0.2) is 0 Å². The van der Waals surface area contributed by atoms with Crippen molar-refractivity contribution in [3.63, 3.8) is 0 Å². The molecule has 20 heavy (non-hydrogen) atoms. The van der Waals surface area contributed by atoms with Gasteiger partial charge in [-0.15, -0.1) is 0 Å². The summed E-state index contributed by atoms with van der Waals surface area (Å²) in [5.74, 6) is 0. The Morgan fingerprint density at radius 1 is 1.45 bits per heavy atom. The van der Waals surface area contributed by atoms with Crippen molar-refractivity contribution < 1.29 is 4.92 Å². The van der Waals surface area contributed by atoms with Crippen LogP contribution in [0.1, 0.15) is 30.9 Å². The molecule has 0 spiro atoms. The second-order valence-corrected chi connectivity index (χ2v) is 5.77. The van der Waals surface area contributed by atoms with Crippen molar-refractivity contribution in [3.05, 3.63) is 39.4 Å². The molecule has 0 saturated carbocycles. The largest absolute Gasteiger partial charge is 0.299 e. The van der Waals surface area contributed by atoms with Gasteiger partial charge in [-0.1, -0.05) is 12.1 Å². The molecular weight excluding hydrogens is 254 g/mol. The smallest absolute Gasteiger partial charge is 0.272 e. The lowest BCUT2D eigenvalue weighted by Crippen LogP contribution is -2.37. The van der Waals surface area contributed by atoms with Crippen molar-refractivity contribution in [2.24, 2.45) is 5.41 Å². The van der Waals surface area contributed by atoms with Crippen LogP contribution < -0.4 is 0 Å². The lowest BCUT2D eigenvalue weighted by atomic mass is 9.82. The molecule has 1 fully saturated rings. The van der Waals surface area contributed by atoms with E-state index in [2.05, 4.69) is 11.0 Å². The highest BCUT2D eigenvalue weighted by Crippen LogP contribution is 2.31. The van der Waals surface area contributed by atoms with Crippen LogP contribution in [0.3, 0.4) is 0 Å². The van der Waals surface area contributed by atoms with Crippen LogP contribution in [0.25, 0.3) is 0 Å². The van der Waals surface area contributed by atoms with Crippen LogP contribution in [0.4, 0.5) is 5.69 Å². The minimum Gasteiger partial charge on any atom is -0.299 e. The molecule has 1 heterocycles. The van der Waals surface area contributed by atoms with Crippen molar-refractivity contribution in [1.29, 1.82) is 5.26 Å². The maximum Gasteiger partial charge on any atom is 0.272 e. The number of nitro groups is 1. The molecule has 0 radical (unpaired) electrons. The number of nitro benzene ring substituents is 1. The Morgan fingerprint density at radius 2 is 2.10 bits per heavy atom. The quantitative estimate of drug-likeness (QED) is 0.627. The third-order valence-electron chi connectivity index (χ3n) is 4.24. The summed E-state index contributed by atoms with van der Waals surface area (Å²) in [6.07, 6.45) is 1.72. The first kappa shape index (κ1) is 14.5. The monoisotopic (exact) mass is 273 g/mol. The van der Waals surface area contributed by atoms with Gasteiger partial charge in [-0.2, -0.15) is 5.26 Å². The molecule has 1 aromatic carbocycles. The van der Waals surface area contributed by atoms with E-state index >= 15 is 0 Å².